The Labute approximate surface area is 130 Å². The average Bonchev–Trinajstić information content (AvgIpc) is 2.72. The molecule has 0 unspecified atom stereocenters. The van der Waals surface area contributed by atoms with Crippen molar-refractivity contribution >= 4 is 11.4 Å². The van der Waals surface area contributed by atoms with Crippen molar-refractivity contribution in [3.05, 3.63) is 76.9 Å². The first-order valence-corrected chi connectivity index (χ1v) is 7.83. The average molecular weight is 290 g/mol. The maximum Gasteiger partial charge on any atom is 0.162 e. The number of ketones is 1. The fourth-order valence-corrected chi connectivity index (χ4v) is 3.57. The smallest absolute Gasteiger partial charge is 0.162 e. The first-order valence-electron chi connectivity index (χ1n) is 7.83. The van der Waals surface area contributed by atoms with Crippen molar-refractivity contribution in [1.29, 1.82) is 0 Å². The Hall–Kier alpha value is -2.19. The Morgan fingerprint density at radius 1 is 0.955 bits per heavy atom. The van der Waals surface area contributed by atoms with E-state index in [2.05, 4.69) is 48.5 Å². The molecule has 2 nitrogen and oxygen atoms in total. The van der Waals surface area contributed by atoms with E-state index < -0.39 is 0 Å². The van der Waals surface area contributed by atoms with Gasteiger partial charge >= 0.3 is 0 Å². The minimum atomic E-state index is 0.0697. The third-order valence-corrected chi connectivity index (χ3v) is 4.57. The van der Waals surface area contributed by atoms with Gasteiger partial charge in [0.25, 0.3) is 0 Å². The number of carbonyl (C=O) groups is 1. The normalized spacial score (nSPS) is 21.1. The molecule has 22 heavy (non-hydrogen) atoms. The lowest BCUT2D eigenvalue weighted by atomic mass is 9.87. The van der Waals surface area contributed by atoms with Gasteiger partial charge in [-0.3, -0.25) is 4.79 Å². The predicted octanol–water partition coefficient (Wildman–Crippen LogP) is 3.79. The summed E-state index contributed by atoms with van der Waals surface area (Å²) in [4.78, 5) is 12.0. The Bertz CT molecular complexity index is 743. The zero-order chi connectivity index (χ0) is 14.9. The summed E-state index contributed by atoms with van der Waals surface area (Å²) >= 11 is 0. The molecule has 0 saturated carbocycles. The van der Waals surface area contributed by atoms with Crippen LogP contribution in [0.3, 0.4) is 0 Å². The number of rotatable bonds is 1. The van der Waals surface area contributed by atoms with Gasteiger partial charge in [0, 0.05) is 6.42 Å². The van der Waals surface area contributed by atoms with E-state index in [1.165, 1.54) is 22.3 Å². The van der Waals surface area contributed by atoms with Crippen LogP contribution in [0, 0.1) is 0 Å². The zero-order valence-corrected chi connectivity index (χ0v) is 12.4. The summed E-state index contributed by atoms with van der Waals surface area (Å²) < 4.78 is 5.85. The largest absolute Gasteiger partial charge is 0.366 e. The molecule has 1 aliphatic heterocycles. The molecule has 1 aliphatic carbocycles. The Balaban J connectivity index is 1.97. The van der Waals surface area contributed by atoms with Crippen molar-refractivity contribution < 1.29 is 9.53 Å². The molecule has 0 aromatic heterocycles. The van der Waals surface area contributed by atoms with Gasteiger partial charge in [0.2, 0.25) is 0 Å². The molecule has 0 amide bonds. The van der Waals surface area contributed by atoms with Gasteiger partial charge in [-0.2, -0.15) is 0 Å². The third-order valence-electron chi connectivity index (χ3n) is 4.57. The summed E-state index contributed by atoms with van der Waals surface area (Å²) in [6.45, 7) is 0.257. The van der Waals surface area contributed by atoms with Gasteiger partial charge in [0.05, 0.1) is 6.10 Å². The van der Waals surface area contributed by atoms with E-state index in [4.69, 9.17) is 4.74 Å². The summed E-state index contributed by atoms with van der Waals surface area (Å²) in [5, 5.41) is 0. The van der Waals surface area contributed by atoms with Gasteiger partial charge < -0.3 is 4.74 Å². The summed E-state index contributed by atoms with van der Waals surface area (Å²) in [6.07, 6.45) is 2.54. The van der Waals surface area contributed by atoms with Crippen LogP contribution in [0.5, 0.6) is 0 Å². The van der Waals surface area contributed by atoms with Crippen molar-refractivity contribution in [2.75, 3.05) is 6.61 Å². The van der Waals surface area contributed by atoms with Crippen molar-refractivity contribution in [2.45, 2.75) is 25.4 Å². The van der Waals surface area contributed by atoms with Crippen LogP contribution in [-0.4, -0.2) is 18.5 Å². The summed E-state index contributed by atoms with van der Waals surface area (Å²) in [5.41, 5.74) is 6.14. The minimum absolute atomic E-state index is 0.0697. The fourth-order valence-electron chi connectivity index (χ4n) is 3.57. The highest BCUT2D eigenvalue weighted by Crippen LogP contribution is 2.38. The molecular weight excluding hydrogens is 272 g/mol. The molecule has 0 spiro atoms. The monoisotopic (exact) mass is 290 g/mol. The SMILES string of the molecule is O=C1CO[C@H]2CCc3ccccc3C(c3ccccc3)=C2C1. The standard InChI is InChI=1S/C20H18O2/c21-16-12-18-19(22-13-16)11-10-14-6-4-5-9-17(14)20(18)15-7-2-1-3-8-15/h1-9,19H,10-13H2/t19-/m0/s1. The van der Waals surface area contributed by atoms with Gasteiger partial charge in [0.15, 0.2) is 5.78 Å². The Kier molecular flexibility index (Phi) is 3.39. The molecule has 110 valence electrons. The number of hydrogen-bond acceptors (Lipinski definition) is 2. The Morgan fingerprint density at radius 2 is 1.73 bits per heavy atom. The Morgan fingerprint density at radius 3 is 2.59 bits per heavy atom. The second kappa shape index (κ2) is 5.54. The quantitative estimate of drug-likeness (QED) is 0.798. The highest BCUT2D eigenvalue weighted by Gasteiger charge is 2.31. The molecule has 1 saturated heterocycles. The number of hydrogen-bond donors (Lipinski definition) is 0. The van der Waals surface area contributed by atoms with E-state index >= 15 is 0 Å². The second-order valence-electron chi connectivity index (χ2n) is 5.98. The lowest BCUT2D eigenvalue weighted by Crippen LogP contribution is -2.29. The van der Waals surface area contributed by atoms with Crippen molar-refractivity contribution in [1.82, 2.24) is 0 Å². The second-order valence-corrected chi connectivity index (χ2v) is 5.98. The maximum absolute atomic E-state index is 12.0. The molecule has 1 fully saturated rings. The van der Waals surface area contributed by atoms with E-state index in [1.807, 2.05) is 6.07 Å². The topological polar surface area (TPSA) is 26.3 Å². The van der Waals surface area contributed by atoms with E-state index in [-0.39, 0.29) is 18.5 Å². The first kappa shape index (κ1) is 13.5. The van der Waals surface area contributed by atoms with Gasteiger partial charge in [0.1, 0.15) is 6.61 Å². The van der Waals surface area contributed by atoms with Crippen LogP contribution in [0.1, 0.15) is 29.5 Å². The van der Waals surface area contributed by atoms with E-state index in [0.717, 1.165) is 18.4 Å². The molecule has 2 aromatic rings. The molecule has 4 rings (SSSR count). The van der Waals surface area contributed by atoms with Crippen LogP contribution >= 0.6 is 0 Å². The van der Waals surface area contributed by atoms with E-state index in [1.54, 1.807) is 0 Å². The molecule has 2 aliphatic rings. The summed E-state index contributed by atoms with van der Waals surface area (Å²) in [6, 6.07) is 18.9. The van der Waals surface area contributed by atoms with Gasteiger partial charge in [-0.15, -0.1) is 0 Å². The van der Waals surface area contributed by atoms with Crippen LogP contribution < -0.4 is 0 Å². The van der Waals surface area contributed by atoms with Crippen LogP contribution in [-0.2, 0) is 16.0 Å². The van der Waals surface area contributed by atoms with Crippen LogP contribution in [0.25, 0.3) is 5.57 Å². The van der Waals surface area contributed by atoms with Crippen LogP contribution in [0.15, 0.2) is 60.2 Å². The number of ether oxygens (including phenoxy) is 1. The van der Waals surface area contributed by atoms with E-state index in [9.17, 15) is 4.79 Å². The summed E-state index contributed by atoms with van der Waals surface area (Å²) in [5.74, 6) is 0.180. The molecular formula is C20H18O2. The number of fused-ring (bicyclic) bond motifs is 2. The van der Waals surface area contributed by atoms with Gasteiger partial charge in [-0.1, -0.05) is 54.6 Å². The van der Waals surface area contributed by atoms with Crippen molar-refractivity contribution in [3.63, 3.8) is 0 Å². The zero-order valence-electron chi connectivity index (χ0n) is 12.4. The third kappa shape index (κ3) is 2.30. The highest BCUT2D eigenvalue weighted by atomic mass is 16.5. The molecule has 0 N–H and O–H groups in total. The summed E-state index contributed by atoms with van der Waals surface area (Å²) in [7, 11) is 0. The predicted molar refractivity (Wildman–Crippen MR) is 86.6 cm³/mol. The number of aryl methyl sites for hydroxylation is 1. The maximum atomic E-state index is 12.0. The van der Waals surface area contributed by atoms with Gasteiger partial charge in [-0.25, -0.2) is 0 Å². The first-order chi connectivity index (χ1) is 10.8. The fraction of sp³-hybridized carbons (Fsp3) is 0.250. The van der Waals surface area contributed by atoms with Crippen LogP contribution in [0.4, 0.5) is 0 Å². The number of Topliss-reactive ketones (excluding diaryl/α,β-unsaturated/α-hetero) is 1. The molecule has 0 bridgehead atoms. The molecule has 2 heteroatoms. The number of carbonyl (C=O) groups excluding carboxylic acids is 1. The number of benzene rings is 2. The molecule has 0 radical (unpaired) electrons. The van der Waals surface area contributed by atoms with Crippen molar-refractivity contribution in [3.8, 4) is 0 Å². The molecule has 1 atom stereocenters. The van der Waals surface area contributed by atoms with Crippen LogP contribution in [0.2, 0.25) is 0 Å². The highest BCUT2D eigenvalue weighted by molar-refractivity contribution is 5.91. The lowest BCUT2D eigenvalue weighted by Gasteiger charge is -2.26. The molecule has 1 heterocycles. The molecule has 2 aromatic carbocycles. The van der Waals surface area contributed by atoms with Crippen molar-refractivity contribution in [2.24, 2.45) is 0 Å². The minimum Gasteiger partial charge on any atom is -0.366 e. The van der Waals surface area contributed by atoms with E-state index in [0.29, 0.717) is 6.42 Å². The lowest BCUT2D eigenvalue weighted by molar-refractivity contribution is -0.127. The van der Waals surface area contributed by atoms with Gasteiger partial charge in [-0.05, 0) is 40.7 Å².